The number of nitrogens with zero attached hydrogens (tertiary/aromatic N) is 2. The number of benzene rings is 2. The minimum absolute atomic E-state index is 0.00837. The van der Waals surface area contributed by atoms with Crippen LogP contribution in [0.3, 0.4) is 0 Å². The summed E-state index contributed by atoms with van der Waals surface area (Å²) in [6.07, 6.45) is -0.223. The summed E-state index contributed by atoms with van der Waals surface area (Å²) in [6, 6.07) is 14.2. The number of aryl methyl sites for hydroxylation is 1. The van der Waals surface area contributed by atoms with Gasteiger partial charge in [-0.2, -0.15) is 11.3 Å². The first-order valence-electron chi connectivity index (χ1n) is 10.8. The van der Waals surface area contributed by atoms with Crippen LogP contribution in [-0.4, -0.2) is 28.6 Å². The number of hydrogen-bond acceptors (Lipinski definition) is 6. The zero-order chi connectivity index (χ0) is 26.3. The Morgan fingerprint density at radius 2 is 1.84 bits per heavy atom. The van der Waals surface area contributed by atoms with E-state index >= 15 is 0 Å². The van der Waals surface area contributed by atoms with Gasteiger partial charge in [0.2, 0.25) is 5.00 Å². The van der Waals surface area contributed by atoms with Crippen molar-refractivity contribution in [2.45, 2.75) is 17.7 Å². The van der Waals surface area contributed by atoms with Crippen LogP contribution in [0.15, 0.2) is 70.3 Å². The van der Waals surface area contributed by atoms with Crippen LogP contribution in [0, 0.1) is 6.57 Å². The van der Waals surface area contributed by atoms with E-state index in [4.69, 9.17) is 18.2 Å². The van der Waals surface area contributed by atoms with Gasteiger partial charge in [-0.3, -0.25) is 4.79 Å². The number of carbonyl (C=O) groups is 1. The van der Waals surface area contributed by atoms with E-state index < -0.39 is 16.0 Å². The molecule has 11 heteroatoms. The van der Waals surface area contributed by atoms with E-state index in [9.17, 15) is 23.4 Å². The molecule has 5 aromatic rings. The molecular formula is C26H17ClN2O5S3. The molecule has 0 spiro atoms. The van der Waals surface area contributed by atoms with Gasteiger partial charge in [0.15, 0.2) is 0 Å². The van der Waals surface area contributed by atoms with Gasteiger partial charge >= 0.3 is 5.97 Å². The molecule has 186 valence electrons. The third-order valence-electron chi connectivity index (χ3n) is 5.86. The quantitative estimate of drug-likeness (QED) is 0.201. The van der Waals surface area contributed by atoms with E-state index in [0.29, 0.717) is 42.7 Å². The first kappa shape index (κ1) is 25.0. The summed E-state index contributed by atoms with van der Waals surface area (Å²) in [6.45, 7) is 7.65. The molecule has 0 saturated heterocycles. The Balaban J connectivity index is 1.95. The fourth-order valence-corrected chi connectivity index (χ4v) is 7.39. The van der Waals surface area contributed by atoms with Crippen molar-refractivity contribution in [2.24, 2.45) is 0 Å². The minimum Gasteiger partial charge on any atom is -0.508 e. The maximum Gasteiger partial charge on any atom is 0.303 e. The topological polar surface area (TPSA) is 101 Å². The summed E-state index contributed by atoms with van der Waals surface area (Å²) in [5.41, 5.74) is 1.99. The predicted molar refractivity (Wildman–Crippen MR) is 146 cm³/mol. The lowest BCUT2D eigenvalue weighted by Crippen LogP contribution is -2.14. The SMILES string of the molecule is [C-]#[N+]c1sccc1-c1c(-c2cccs2)n(S(=O)(=O)c2ccc(Cl)cc2)c2cc(CCC(=O)O)c(O)cc12. The molecular weight excluding hydrogens is 552 g/mol. The molecule has 37 heavy (non-hydrogen) atoms. The number of thiophene rings is 2. The normalized spacial score (nSPS) is 11.6. The third kappa shape index (κ3) is 4.40. The number of rotatable bonds is 7. The molecule has 0 fully saturated rings. The van der Waals surface area contributed by atoms with Gasteiger partial charge < -0.3 is 10.2 Å². The van der Waals surface area contributed by atoms with Crippen molar-refractivity contribution in [3.05, 3.63) is 87.4 Å². The molecule has 2 N–H and O–H groups in total. The minimum atomic E-state index is -4.20. The van der Waals surface area contributed by atoms with Gasteiger partial charge in [-0.1, -0.05) is 23.7 Å². The third-order valence-corrected chi connectivity index (χ3v) is 9.52. The van der Waals surface area contributed by atoms with Crippen LogP contribution in [0.5, 0.6) is 5.75 Å². The maximum atomic E-state index is 14.2. The van der Waals surface area contributed by atoms with E-state index in [1.807, 2.05) is 5.38 Å². The van der Waals surface area contributed by atoms with E-state index in [-0.39, 0.29) is 29.0 Å². The number of carboxylic acids is 1. The van der Waals surface area contributed by atoms with Crippen LogP contribution in [0.4, 0.5) is 5.00 Å². The van der Waals surface area contributed by atoms with Crippen LogP contribution < -0.4 is 0 Å². The number of hydrogen-bond donors (Lipinski definition) is 2. The smallest absolute Gasteiger partial charge is 0.303 e. The molecule has 0 bridgehead atoms. The van der Waals surface area contributed by atoms with Crippen molar-refractivity contribution in [3.63, 3.8) is 0 Å². The lowest BCUT2D eigenvalue weighted by atomic mass is 10.0. The molecule has 2 aromatic carbocycles. The Labute approximate surface area is 225 Å². The lowest BCUT2D eigenvalue weighted by molar-refractivity contribution is -0.136. The first-order chi connectivity index (χ1) is 17.7. The fourth-order valence-electron chi connectivity index (χ4n) is 4.23. The van der Waals surface area contributed by atoms with Crippen molar-refractivity contribution in [3.8, 4) is 27.4 Å². The number of phenolic OH excluding ortho intramolecular Hbond substituents is 1. The van der Waals surface area contributed by atoms with Gasteiger partial charge in [0, 0.05) is 28.0 Å². The zero-order valence-corrected chi connectivity index (χ0v) is 22.1. The summed E-state index contributed by atoms with van der Waals surface area (Å²) < 4.78 is 29.6. The Hall–Kier alpha value is -3.62. The highest BCUT2D eigenvalue weighted by Gasteiger charge is 2.31. The molecule has 0 atom stereocenters. The summed E-state index contributed by atoms with van der Waals surface area (Å²) in [4.78, 5) is 15.5. The Morgan fingerprint density at radius 3 is 2.49 bits per heavy atom. The average molecular weight is 569 g/mol. The summed E-state index contributed by atoms with van der Waals surface area (Å²) in [7, 11) is -4.20. The second kappa shape index (κ2) is 9.68. The molecule has 0 aliphatic rings. The maximum absolute atomic E-state index is 14.2. The summed E-state index contributed by atoms with van der Waals surface area (Å²) in [5.74, 6) is -1.18. The molecule has 0 radical (unpaired) electrons. The van der Waals surface area contributed by atoms with Crippen LogP contribution in [0.2, 0.25) is 5.02 Å². The number of aliphatic carboxylic acids is 1. The second-order valence-electron chi connectivity index (χ2n) is 8.07. The molecule has 3 aromatic heterocycles. The Kier molecular flexibility index (Phi) is 6.56. The van der Waals surface area contributed by atoms with Gasteiger partial charge in [0.1, 0.15) is 5.75 Å². The lowest BCUT2D eigenvalue weighted by Gasteiger charge is -2.13. The van der Waals surface area contributed by atoms with Crippen LogP contribution in [0.1, 0.15) is 12.0 Å². The highest BCUT2D eigenvalue weighted by atomic mass is 35.5. The van der Waals surface area contributed by atoms with Crippen LogP contribution >= 0.6 is 34.3 Å². The van der Waals surface area contributed by atoms with E-state index in [1.165, 1.54) is 63.0 Å². The van der Waals surface area contributed by atoms with Crippen LogP contribution in [-0.2, 0) is 21.2 Å². The van der Waals surface area contributed by atoms with Crippen molar-refractivity contribution in [1.29, 1.82) is 0 Å². The highest BCUT2D eigenvalue weighted by molar-refractivity contribution is 7.90. The monoisotopic (exact) mass is 568 g/mol. The Morgan fingerprint density at radius 1 is 1.08 bits per heavy atom. The van der Waals surface area contributed by atoms with Gasteiger partial charge in [-0.15, -0.1) is 11.3 Å². The van der Waals surface area contributed by atoms with E-state index in [1.54, 1.807) is 23.6 Å². The van der Waals surface area contributed by atoms with Gasteiger partial charge in [-0.25, -0.2) is 17.2 Å². The Bertz CT molecular complexity index is 1800. The second-order valence-corrected chi connectivity index (χ2v) is 12.1. The van der Waals surface area contributed by atoms with Crippen molar-refractivity contribution < 1.29 is 23.4 Å². The molecule has 7 nitrogen and oxygen atoms in total. The number of fused-ring (bicyclic) bond motifs is 1. The van der Waals surface area contributed by atoms with Gasteiger partial charge in [0.25, 0.3) is 10.0 Å². The zero-order valence-electron chi connectivity index (χ0n) is 18.9. The number of aromatic nitrogens is 1. The van der Waals surface area contributed by atoms with Crippen LogP contribution in [0.25, 0.3) is 37.4 Å². The first-order valence-corrected chi connectivity index (χ1v) is 14.4. The molecule has 0 unspecified atom stereocenters. The standard InChI is InChI=1S/C26H17ClN2O5S3/c1-28-26-18(10-12-36-26)24-19-14-21(30)15(4-9-23(31)32)13-20(19)29(25(24)22-3-2-11-35-22)37(33,34)17-7-5-16(27)6-8-17/h2-3,5-8,10-14,30H,4,9H2,(H,31,32). The average Bonchev–Trinajstić information content (AvgIpc) is 3.61. The number of carboxylic acid groups (broad SMARTS) is 1. The van der Waals surface area contributed by atoms with Crippen molar-refractivity contribution >= 4 is 66.2 Å². The summed E-state index contributed by atoms with van der Waals surface area (Å²) in [5, 5.41) is 24.8. The highest BCUT2D eigenvalue weighted by Crippen LogP contribution is 2.49. The number of aromatic hydroxyl groups is 1. The van der Waals surface area contributed by atoms with Crippen molar-refractivity contribution in [2.75, 3.05) is 0 Å². The molecule has 5 rings (SSSR count). The fraction of sp³-hybridized carbons (Fsp3) is 0.0769. The predicted octanol–water partition coefficient (Wildman–Crippen LogP) is 7.26. The van der Waals surface area contributed by atoms with E-state index in [2.05, 4.69) is 4.85 Å². The largest absolute Gasteiger partial charge is 0.508 e. The molecule has 0 aliphatic heterocycles. The number of phenols is 1. The van der Waals surface area contributed by atoms with Gasteiger partial charge in [0.05, 0.1) is 27.6 Å². The number of halogens is 1. The molecule has 0 aliphatic carbocycles. The summed E-state index contributed by atoms with van der Waals surface area (Å²) >= 11 is 8.60. The van der Waals surface area contributed by atoms with Gasteiger partial charge in [-0.05, 0) is 65.2 Å². The molecule has 3 heterocycles. The molecule has 0 amide bonds. The van der Waals surface area contributed by atoms with E-state index in [0.717, 1.165) is 0 Å². The molecule has 0 saturated carbocycles. The van der Waals surface area contributed by atoms with Crippen molar-refractivity contribution in [1.82, 2.24) is 3.97 Å².